The summed E-state index contributed by atoms with van der Waals surface area (Å²) in [5, 5.41) is 11.5. The Bertz CT molecular complexity index is 767. The molecular formula is C16H19N7O. The van der Waals surface area contributed by atoms with Gasteiger partial charge in [0.05, 0.1) is 24.8 Å². The average molecular weight is 325 g/mol. The third-order valence-corrected chi connectivity index (χ3v) is 3.48. The van der Waals surface area contributed by atoms with E-state index in [1.807, 2.05) is 41.1 Å². The highest BCUT2D eigenvalue weighted by molar-refractivity contribution is 5.73. The standard InChI is InChI=1S/C16H19N7O/c1-21(16(24)18-8-10-22-9-7-17-13-22)12-14-11-19-23(20-14)15-5-3-2-4-6-15/h2-7,9,11,13H,8,10,12H2,1H3,(H,18,24). The number of aromatic nitrogens is 5. The van der Waals surface area contributed by atoms with Crippen molar-refractivity contribution in [1.82, 2.24) is 34.8 Å². The van der Waals surface area contributed by atoms with Gasteiger partial charge in [0, 0.05) is 32.5 Å². The van der Waals surface area contributed by atoms with Gasteiger partial charge in [0.2, 0.25) is 0 Å². The van der Waals surface area contributed by atoms with Gasteiger partial charge in [-0.3, -0.25) is 0 Å². The Morgan fingerprint density at radius 1 is 1.29 bits per heavy atom. The van der Waals surface area contributed by atoms with Crippen molar-refractivity contribution in [1.29, 1.82) is 0 Å². The molecule has 24 heavy (non-hydrogen) atoms. The van der Waals surface area contributed by atoms with Crippen molar-refractivity contribution in [3.63, 3.8) is 0 Å². The van der Waals surface area contributed by atoms with Gasteiger partial charge in [0.15, 0.2) is 0 Å². The van der Waals surface area contributed by atoms with Gasteiger partial charge in [-0.25, -0.2) is 9.78 Å². The van der Waals surface area contributed by atoms with E-state index in [0.29, 0.717) is 19.6 Å². The first-order valence-electron chi connectivity index (χ1n) is 7.64. The Labute approximate surface area is 139 Å². The molecule has 3 rings (SSSR count). The summed E-state index contributed by atoms with van der Waals surface area (Å²) in [6.45, 7) is 1.61. The molecule has 0 bridgehead atoms. The van der Waals surface area contributed by atoms with E-state index in [2.05, 4.69) is 20.5 Å². The van der Waals surface area contributed by atoms with Crippen LogP contribution in [0.2, 0.25) is 0 Å². The van der Waals surface area contributed by atoms with E-state index in [0.717, 1.165) is 11.4 Å². The predicted molar refractivity (Wildman–Crippen MR) is 88.5 cm³/mol. The van der Waals surface area contributed by atoms with Crippen LogP contribution < -0.4 is 5.32 Å². The molecule has 0 aliphatic carbocycles. The lowest BCUT2D eigenvalue weighted by atomic mass is 10.3. The normalized spacial score (nSPS) is 10.5. The molecule has 2 amide bonds. The van der Waals surface area contributed by atoms with E-state index in [9.17, 15) is 4.79 Å². The number of hydrogen-bond acceptors (Lipinski definition) is 4. The number of benzene rings is 1. The zero-order valence-electron chi connectivity index (χ0n) is 13.4. The number of para-hydroxylation sites is 1. The van der Waals surface area contributed by atoms with Gasteiger partial charge in [0.1, 0.15) is 5.69 Å². The molecule has 8 nitrogen and oxygen atoms in total. The molecule has 0 aliphatic heterocycles. The van der Waals surface area contributed by atoms with Crippen LogP contribution in [0.5, 0.6) is 0 Å². The molecular weight excluding hydrogens is 306 g/mol. The maximum absolute atomic E-state index is 12.1. The second-order valence-corrected chi connectivity index (χ2v) is 5.35. The number of nitrogens with one attached hydrogen (secondary N) is 1. The molecule has 0 spiro atoms. The Morgan fingerprint density at radius 2 is 2.12 bits per heavy atom. The average Bonchev–Trinajstić information content (AvgIpc) is 3.27. The van der Waals surface area contributed by atoms with Gasteiger partial charge in [-0.05, 0) is 12.1 Å². The fourth-order valence-electron chi connectivity index (χ4n) is 2.21. The predicted octanol–water partition coefficient (Wildman–Crippen LogP) is 1.31. The molecule has 0 radical (unpaired) electrons. The molecule has 8 heteroatoms. The van der Waals surface area contributed by atoms with Crippen LogP contribution in [0.3, 0.4) is 0 Å². The minimum atomic E-state index is -0.149. The smallest absolute Gasteiger partial charge is 0.317 e. The number of amides is 2. The summed E-state index contributed by atoms with van der Waals surface area (Å²) in [5.41, 5.74) is 1.61. The van der Waals surface area contributed by atoms with Crippen molar-refractivity contribution in [2.24, 2.45) is 0 Å². The molecule has 0 saturated carbocycles. The molecule has 0 atom stereocenters. The first-order chi connectivity index (χ1) is 11.7. The van der Waals surface area contributed by atoms with Crippen LogP contribution in [-0.2, 0) is 13.1 Å². The molecule has 3 aromatic rings. The van der Waals surface area contributed by atoms with Crippen molar-refractivity contribution < 1.29 is 4.79 Å². The van der Waals surface area contributed by atoms with Crippen molar-refractivity contribution >= 4 is 6.03 Å². The van der Waals surface area contributed by atoms with Crippen molar-refractivity contribution in [2.75, 3.05) is 13.6 Å². The lowest BCUT2D eigenvalue weighted by molar-refractivity contribution is 0.206. The van der Waals surface area contributed by atoms with Crippen LogP contribution in [0.15, 0.2) is 55.2 Å². The summed E-state index contributed by atoms with van der Waals surface area (Å²) in [6.07, 6.45) is 6.96. The summed E-state index contributed by atoms with van der Waals surface area (Å²) in [5.74, 6) is 0. The zero-order chi connectivity index (χ0) is 16.8. The number of urea groups is 1. The zero-order valence-corrected chi connectivity index (χ0v) is 13.4. The van der Waals surface area contributed by atoms with E-state index in [1.54, 1.807) is 35.5 Å². The number of imidazole rings is 1. The third kappa shape index (κ3) is 3.97. The maximum Gasteiger partial charge on any atom is 0.317 e. The second-order valence-electron chi connectivity index (χ2n) is 5.35. The third-order valence-electron chi connectivity index (χ3n) is 3.48. The fourth-order valence-corrected chi connectivity index (χ4v) is 2.21. The van der Waals surface area contributed by atoms with Crippen molar-refractivity contribution in [2.45, 2.75) is 13.1 Å². The first-order valence-corrected chi connectivity index (χ1v) is 7.64. The summed E-state index contributed by atoms with van der Waals surface area (Å²) < 4.78 is 1.91. The van der Waals surface area contributed by atoms with Crippen LogP contribution in [-0.4, -0.2) is 49.1 Å². The Hall–Kier alpha value is -3.16. The van der Waals surface area contributed by atoms with E-state index >= 15 is 0 Å². The highest BCUT2D eigenvalue weighted by Gasteiger charge is 2.11. The summed E-state index contributed by atoms with van der Waals surface area (Å²) >= 11 is 0. The van der Waals surface area contributed by atoms with Gasteiger partial charge in [-0.15, -0.1) is 0 Å². The molecule has 0 saturated heterocycles. The minimum Gasteiger partial charge on any atom is -0.336 e. The first kappa shape index (κ1) is 15.7. The number of nitrogens with zero attached hydrogens (tertiary/aromatic N) is 6. The lowest BCUT2D eigenvalue weighted by Crippen LogP contribution is -2.38. The van der Waals surface area contributed by atoms with Crippen molar-refractivity contribution in [3.8, 4) is 5.69 Å². The number of hydrogen-bond donors (Lipinski definition) is 1. The van der Waals surface area contributed by atoms with E-state index in [-0.39, 0.29) is 6.03 Å². The van der Waals surface area contributed by atoms with E-state index in [1.165, 1.54) is 0 Å². The molecule has 0 unspecified atom stereocenters. The largest absolute Gasteiger partial charge is 0.336 e. The van der Waals surface area contributed by atoms with Crippen LogP contribution in [0.4, 0.5) is 4.79 Å². The van der Waals surface area contributed by atoms with Crippen LogP contribution >= 0.6 is 0 Å². The molecule has 2 aromatic heterocycles. The second kappa shape index (κ2) is 7.40. The monoisotopic (exact) mass is 325 g/mol. The maximum atomic E-state index is 12.1. The van der Waals surface area contributed by atoms with Crippen molar-refractivity contribution in [3.05, 3.63) is 60.9 Å². The molecule has 2 heterocycles. The number of rotatable bonds is 6. The Morgan fingerprint density at radius 3 is 2.88 bits per heavy atom. The fraction of sp³-hybridized carbons (Fsp3) is 0.250. The van der Waals surface area contributed by atoms with Gasteiger partial charge < -0.3 is 14.8 Å². The lowest BCUT2D eigenvalue weighted by Gasteiger charge is -2.16. The Balaban J connectivity index is 1.50. The van der Waals surface area contributed by atoms with Crippen LogP contribution in [0, 0.1) is 0 Å². The van der Waals surface area contributed by atoms with Crippen LogP contribution in [0.25, 0.3) is 5.69 Å². The molecule has 0 aliphatic rings. The van der Waals surface area contributed by atoms with Crippen LogP contribution in [0.1, 0.15) is 5.69 Å². The molecule has 1 N–H and O–H groups in total. The van der Waals surface area contributed by atoms with Gasteiger partial charge >= 0.3 is 6.03 Å². The molecule has 0 fully saturated rings. The molecule has 1 aromatic carbocycles. The van der Waals surface area contributed by atoms with Gasteiger partial charge in [-0.1, -0.05) is 18.2 Å². The minimum absolute atomic E-state index is 0.149. The number of carbonyl (C=O) groups excluding carboxylic acids is 1. The summed E-state index contributed by atoms with van der Waals surface area (Å²) in [6, 6.07) is 9.50. The quantitative estimate of drug-likeness (QED) is 0.741. The Kier molecular flexibility index (Phi) is 4.85. The highest BCUT2D eigenvalue weighted by atomic mass is 16.2. The summed E-state index contributed by atoms with van der Waals surface area (Å²) in [4.78, 5) is 19.2. The van der Waals surface area contributed by atoms with E-state index in [4.69, 9.17) is 0 Å². The molecule has 124 valence electrons. The SMILES string of the molecule is CN(Cc1cnn(-c2ccccc2)n1)C(=O)NCCn1ccnc1. The topological polar surface area (TPSA) is 80.9 Å². The number of carbonyl (C=O) groups is 1. The summed E-state index contributed by atoms with van der Waals surface area (Å²) in [7, 11) is 1.73. The van der Waals surface area contributed by atoms with E-state index < -0.39 is 0 Å². The van der Waals surface area contributed by atoms with Gasteiger partial charge in [0.25, 0.3) is 0 Å². The van der Waals surface area contributed by atoms with Gasteiger partial charge in [-0.2, -0.15) is 15.0 Å². The highest BCUT2D eigenvalue weighted by Crippen LogP contribution is 2.05.